The van der Waals surface area contributed by atoms with E-state index in [1.807, 2.05) is 0 Å². The number of benzene rings is 2. The largest absolute Gasteiger partial charge is 0.398 e. The fourth-order valence-corrected chi connectivity index (χ4v) is 2.48. The van der Waals surface area contributed by atoms with Crippen LogP contribution in [0.1, 0.15) is 5.56 Å². The fraction of sp³-hybridized carbons (Fsp3) is 0.133. The molecule has 6 heteroatoms. The highest BCUT2D eigenvalue weighted by atomic mass is 32.2. The molecule has 0 bridgehead atoms. The predicted octanol–water partition coefficient (Wildman–Crippen LogP) is 3.59. The molecule has 0 aromatic heterocycles. The van der Waals surface area contributed by atoms with Crippen molar-refractivity contribution >= 4 is 29.0 Å². The van der Waals surface area contributed by atoms with E-state index >= 15 is 0 Å². The molecule has 0 saturated heterocycles. The van der Waals surface area contributed by atoms with E-state index in [0.717, 1.165) is 17.3 Å². The van der Waals surface area contributed by atoms with Gasteiger partial charge in [0.05, 0.1) is 5.75 Å². The molecule has 21 heavy (non-hydrogen) atoms. The third kappa shape index (κ3) is 4.19. The van der Waals surface area contributed by atoms with Crippen molar-refractivity contribution in [2.24, 2.45) is 0 Å². The van der Waals surface area contributed by atoms with Crippen molar-refractivity contribution in [2.75, 3.05) is 16.8 Å². The molecule has 1 amide bonds. The maximum Gasteiger partial charge on any atom is 0.234 e. The number of aryl methyl sites for hydroxylation is 1. The summed E-state index contributed by atoms with van der Waals surface area (Å²) in [5, 5.41) is 2.62. The van der Waals surface area contributed by atoms with E-state index < -0.39 is 11.6 Å². The SMILES string of the molecule is Cc1ccc(F)cc1NC(=O)CSc1cc(F)ccc1N. The van der Waals surface area contributed by atoms with Gasteiger partial charge in [-0.25, -0.2) is 8.78 Å². The summed E-state index contributed by atoms with van der Waals surface area (Å²) >= 11 is 1.13. The maximum absolute atomic E-state index is 13.1. The lowest BCUT2D eigenvalue weighted by Gasteiger charge is -2.09. The number of amides is 1. The number of nitrogens with two attached hydrogens (primary N) is 1. The average molecular weight is 308 g/mol. The van der Waals surface area contributed by atoms with Gasteiger partial charge in [0.1, 0.15) is 11.6 Å². The van der Waals surface area contributed by atoms with Crippen molar-refractivity contribution < 1.29 is 13.6 Å². The number of carbonyl (C=O) groups excluding carboxylic acids is 1. The standard InChI is InChI=1S/C15H14F2N2OS/c1-9-2-3-10(16)6-13(9)19-15(20)8-21-14-7-11(17)4-5-12(14)18/h2-7H,8,18H2,1H3,(H,19,20). The number of hydrogen-bond acceptors (Lipinski definition) is 3. The smallest absolute Gasteiger partial charge is 0.234 e. The van der Waals surface area contributed by atoms with Crippen molar-refractivity contribution in [2.45, 2.75) is 11.8 Å². The first-order valence-corrected chi connectivity index (χ1v) is 7.18. The molecular weight excluding hydrogens is 294 g/mol. The van der Waals surface area contributed by atoms with E-state index in [4.69, 9.17) is 5.73 Å². The summed E-state index contributed by atoms with van der Waals surface area (Å²) in [6.07, 6.45) is 0. The molecule has 0 atom stereocenters. The number of rotatable bonds is 4. The Hall–Kier alpha value is -2.08. The number of nitrogen functional groups attached to an aromatic ring is 1. The molecule has 0 aliphatic carbocycles. The van der Waals surface area contributed by atoms with Gasteiger partial charge in [-0.05, 0) is 42.8 Å². The molecule has 0 aliphatic heterocycles. The molecule has 0 spiro atoms. The van der Waals surface area contributed by atoms with E-state index in [-0.39, 0.29) is 11.7 Å². The second-order valence-corrected chi connectivity index (χ2v) is 5.50. The highest BCUT2D eigenvalue weighted by Gasteiger charge is 2.09. The Bertz CT molecular complexity index is 677. The van der Waals surface area contributed by atoms with E-state index in [9.17, 15) is 13.6 Å². The highest BCUT2D eigenvalue weighted by Crippen LogP contribution is 2.26. The van der Waals surface area contributed by atoms with Crippen LogP contribution in [-0.2, 0) is 4.79 Å². The third-order valence-corrected chi connectivity index (χ3v) is 3.88. The quantitative estimate of drug-likeness (QED) is 0.670. The number of anilines is 2. The van der Waals surface area contributed by atoms with E-state index in [1.165, 1.54) is 30.3 Å². The molecule has 3 nitrogen and oxygen atoms in total. The van der Waals surface area contributed by atoms with Gasteiger partial charge in [-0.3, -0.25) is 4.79 Å². The van der Waals surface area contributed by atoms with Gasteiger partial charge in [-0.15, -0.1) is 11.8 Å². The summed E-state index contributed by atoms with van der Waals surface area (Å²) in [7, 11) is 0. The number of carbonyl (C=O) groups is 1. The van der Waals surface area contributed by atoms with Crippen LogP contribution in [0, 0.1) is 18.6 Å². The Labute approximate surface area is 125 Å². The summed E-state index contributed by atoms with van der Waals surface area (Å²) in [6.45, 7) is 1.77. The van der Waals surface area contributed by atoms with Gasteiger partial charge in [0.25, 0.3) is 0 Å². The summed E-state index contributed by atoms with van der Waals surface area (Å²) < 4.78 is 26.2. The first-order valence-electron chi connectivity index (χ1n) is 6.19. The van der Waals surface area contributed by atoms with Crippen LogP contribution in [0.5, 0.6) is 0 Å². The Balaban J connectivity index is 1.99. The molecule has 0 radical (unpaired) electrons. The summed E-state index contributed by atoms with van der Waals surface area (Å²) in [5.74, 6) is -1.08. The lowest BCUT2D eigenvalue weighted by Crippen LogP contribution is -2.15. The van der Waals surface area contributed by atoms with E-state index in [1.54, 1.807) is 13.0 Å². The van der Waals surface area contributed by atoms with E-state index in [0.29, 0.717) is 16.3 Å². The molecule has 110 valence electrons. The molecule has 2 rings (SSSR count). The van der Waals surface area contributed by atoms with Crippen molar-refractivity contribution in [3.63, 3.8) is 0 Å². The Morgan fingerprint density at radius 3 is 2.62 bits per heavy atom. The van der Waals surface area contributed by atoms with Crippen LogP contribution in [0.2, 0.25) is 0 Å². The monoisotopic (exact) mass is 308 g/mol. The van der Waals surface area contributed by atoms with Crippen LogP contribution in [0.25, 0.3) is 0 Å². The third-order valence-electron chi connectivity index (χ3n) is 2.81. The predicted molar refractivity (Wildman–Crippen MR) is 81.3 cm³/mol. The van der Waals surface area contributed by atoms with Gasteiger partial charge in [-0.2, -0.15) is 0 Å². The van der Waals surface area contributed by atoms with Gasteiger partial charge < -0.3 is 11.1 Å². The summed E-state index contributed by atoms with van der Waals surface area (Å²) in [4.78, 5) is 12.4. The summed E-state index contributed by atoms with van der Waals surface area (Å²) in [6, 6.07) is 8.16. The zero-order valence-corrected chi connectivity index (χ0v) is 12.1. The maximum atomic E-state index is 13.1. The second-order valence-electron chi connectivity index (χ2n) is 4.48. The van der Waals surface area contributed by atoms with Gasteiger partial charge >= 0.3 is 0 Å². The van der Waals surface area contributed by atoms with Crippen LogP contribution >= 0.6 is 11.8 Å². The first-order chi connectivity index (χ1) is 9.95. The lowest BCUT2D eigenvalue weighted by molar-refractivity contribution is -0.113. The molecule has 0 saturated carbocycles. The van der Waals surface area contributed by atoms with Gasteiger partial charge in [-0.1, -0.05) is 6.07 Å². The zero-order chi connectivity index (χ0) is 15.4. The van der Waals surface area contributed by atoms with Crippen molar-refractivity contribution in [1.82, 2.24) is 0 Å². The van der Waals surface area contributed by atoms with Crippen molar-refractivity contribution in [3.05, 3.63) is 53.6 Å². The van der Waals surface area contributed by atoms with Crippen LogP contribution in [0.3, 0.4) is 0 Å². The Morgan fingerprint density at radius 1 is 1.19 bits per heavy atom. The second kappa shape index (κ2) is 6.58. The molecule has 2 aromatic carbocycles. The van der Waals surface area contributed by atoms with Gasteiger partial charge in [0.2, 0.25) is 5.91 Å². The molecular formula is C15H14F2N2OS. The number of thioether (sulfide) groups is 1. The molecule has 0 aliphatic rings. The van der Waals surface area contributed by atoms with Gasteiger partial charge in [0.15, 0.2) is 0 Å². The van der Waals surface area contributed by atoms with Crippen molar-refractivity contribution in [3.8, 4) is 0 Å². The molecule has 2 aromatic rings. The lowest BCUT2D eigenvalue weighted by atomic mass is 10.2. The highest BCUT2D eigenvalue weighted by molar-refractivity contribution is 8.00. The summed E-state index contributed by atoms with van der Waals surface area (Å²) in [5.41, 5.74) is 7.30. The number of halogens is 2. The fourth-order valence-electron chi connectivity index (χ4n) is 1.69. The Kier molecular flexibility index (Phi) is 4.80. The zero-order valence-electron chi connectivity index (χ0n) is 11.3. The minimum atomic E-state index is -0.419. The van der Waals surface area contributed by atoms with Crippen LogP contribution in [0.4, 0.5) is 20.2 Å². The first kappa shape index (κ1) is 15.3. The topological polar surface area (TPSA) is 55.1 Å². The van der Waals surface area contributed by atoms with E-state index in [2.05, 4.69) is 5.32 Å². The van der Waals surface area contributed by atoms with Crippen molar-refractivity contribution in [1.29, 1.82) is 0 Å². The Morgan fingerprint density at radius 2 is 1.86 bits per heavy atom. The minimum Gasteiger partial charge on any atom is -0.398 e. The molecule has 0 heterocycles. The van der Waals surface area contributed by atoms with Crippen LogP contribution < -0.4 is 11.1 Å². The van der Waals surface area contributed by atoms with Crippen LogP contribution in [-0.4, -0.2) is 11.7 Å². The molecule has 3 N–H and O–H groups in total. The van der Waals surface area contributed by atoms with Gasteiger partial charge in [0, 0.05) is 16.3 Å². The normalized spacial score (nSPS) is 10.4. The minimum absolute atomic E-state index is 0.0591. The average Bonchev–Trinajstić information content (AvgIpc) is 2.44. The molecule has 0 fully saturated rings. The van der Waals surface area contributed by atoms with Crippen LogP contribution in [0.15, 0.2) is 41.3 Å². The molecule has 0 unspecified atom stereocenters. The number of nitrogens with one attached hydrogen (secondary N) is 1. The number of hydrogen-bond donors (Lipinski definition) is 2.